The third-order valence-corrected chi connectivity index (χ3v) is 10.6. The molecule has 250 valence electrons. The molecule has 0 aliphatic rings. The van der Waals surface area contributed by atoms with E-state index < -0.39 is 0 Å². The molecule has 1 heterocycles. The van der Waals surface area contributed by atoms with E-state index in [9.17, 15) is 0 Å². The molecular formula is C51H35NO. The van der Waals surface area contributed by atoms with E-state index in [1.807, 2.05) is 12.1 Å². The Bertz CT molecular complexity index is 2950. The zero-order chi connectivity index (χ0) is 35.3. The molecule has 0 bridgehead atoms. The second kappa shape index (κ2) is 12.7. The number of rotatable bonds is 6. The predicted octanol–water partition coefficient (Wildman–Crippen LogP) is 14.7. The Morgan fingerprint density at radius 2 is 0.925 bits per heavy atom. The second-order valence-electron chi connectivity index (χ2n) is 13.7. The number of hydrogen-bond acceptors (Lipinski definition) is 2. The van der Waals surface area contributed by atoms with Crippen LogP contribution in [-0.4, -0.2) is 0 Å². The van der Waals surface area contributed by atoms with Gasteiger partial charge in [-0.05, 0) is 110 Å². The number of anilines is 3. The van der Waals surface area contributed by atoms with Crippen LogP contribution in [0, 0.1) is 6.92 Å². The van der Waals surface area contributed by atoms with Crippen molar-refractivity contribution in [3.05, 3.63) is 200 Å². The third kappa shape index (κ3) is 5.35. The zero-order valence-corrected chi connectivity index (χ0v) is 29.3. The van der Waals surface area contributed by atoms with Crippen LogP contribution in [0.3, 0.4) is 0 Å². The summed E-state index contributed by atoms with van der Waals surface area (Å²) in [4.78, 5) is 2.34. The van der Waals surface area contributed by atoms with Crippen molar-refractivity contribution in [3.63, 3.8) is 0 Å². The maximum Gasteiger partial charge on any atom is 0.138 e. The number of aryl methyl sites for hydroxylation is 1. The average molecular weight is 678 g/mol. The van der Waals surface area contributed by atoms with Crippen LogP contribution >= 0.6 is 0 Å². The van der Waals surface area contributed by atoms with Crippen LogP contribution in [0.25, 0.3) is 76.9 Å². The highest BCUT2D eigenvalue weighted by Crippen LogP contribution is 2.42. The molecule has 1 aromatic heterocycles. The Morgan fingerprint density at radius 1 is 0.358 bits per heavy atom. The Balaban J connectivity index is 1.10. The van der Waals surface area contributed by atoms with E-state index in [1.54, 1.807) is 0 Å². The standard InChI is InChI=1S/C51H35NO/c1-34-43-17-8-9-23-50(43)53-51(34)39-15-10-16-42(32-39)52(40-28-24-36(25-29-40)45-22-11-14-35-12-2-4-18-44(35)45)41-30-26-37(27-31-41)49-33-38-13-3-5-19-46(38)47-20-6-7-21-48(47)49/h2-33H,1H3. The number of furan rings is 1. The molecule has 0 amide bonds. The summed E-state index contributed by atoms with van der Waals surface area (Å²) < 4.78 is 6.44. The Hall–Kier alpha value is -6.90. The molecule has 10 rings (SSSR count). The maximum absolute atomic E-state index is 6.44. The Kier molecular flexibility index (Phi) is 7.40. The average Bonchev–Trinajstić information content (AvgIpc) is 3.57. The number of fused-ring (bicyclic) bond motifs is 5. The fraction of sp³-hybridized carbons (Fsp3) is 0.0196. The second-order valence-corrected chi connectivity index (χ2v) is 13.7. The first-order valence-electron chi connectivity index (χ1n) is 18.2. The van der Waals surface area contributed by atoms with Crippen molar-refractivity contribution in [1.29, 1.82) is 0 Å². The minimum Gasteiger partial charge on any atom is -0.456 e. The summed E-state index contributed by atoms with van der Waals surface area (Å²) in [7, 11) is 0. The van der Waals surface area contributed by atoms with Gasteiger partial charge in [-0.15, -0.1) is 0 Å². The van der Waals surface area contributed by atoms with Gasteiger partial charge in [0.1, 0.15) is 11.3 Å². The molecule has 0 radical (unpaired) electrons. The summed E-state index contributed by atoms with van der Waals surface area (Å²) in [6, 6.07) is 69.8. The quantitative estimate of drug-likeness (QED) is 0.163. The summed E-state index contributed by atoms with van der Waals surface area (Å²) in [6.45, 7) is 2.15. The minimum atomic E-state index is 0.901. The van der Waals surface area contributed by atoms with Crippen molar-refractivity contribution in [1.82, 2.24) is 0 Å². The lowest BCUT2D eigenvalue weighted by molar-refractivity contribution is 0.629. The third-order valence-electron chi connectivity index (χ3n) is 10.6. The largest absolute Gasteiger partial charge is 0.456 e. The van der Waals surface area contributed by atoms with Gasteiger partial charge < -0.3 is 9.32 Å². The normalized spacial score (nSPS) is 11.5. The molecule has 2 nitrogen and oxygen atoms in total. The van der Waals surface area contributed by atoms with E-state index in [2.05, 4.69) is 194 Å². The van der Waals surface area contributed by atoms with E-state index >= 15 is 0 Å². The topological polar surface area (TPSA) is 16.4 Å². The first-order chi connectivity index (χ1) is 26.2. The number of benzene rings is 9. The first-order valence-corrected chi connectivity index (χ1v) is 18.2. The van der Waals surface area contributed by atoms with Crippen molar-refractivity contribution in [2.75, 3.05) is 4.90 Å². The van der Waals surface area contributed by atoms with Gasteiger partial charge in [0.15, 0.2) is 0 Å². The SMILES string of the molecule is Cc1c(-c2cccc(N(c3ccc(-c4cccc5ccccc45)cc3)c3ccc(-c4cc5ccccc5c5ccccc45)cc3)c2)oc2ccccc12. The summed E-state index contributed by atoms with van der Waals surface area (Å²) in [5.74, 6) is 0.901. The van der Waals surface area contributed by atoms with Gasteiger partial charge in [0, 0.05) is 33.6 Å². The zero-order valence-electron chi connectivity index (χ0n) is 29.3. The molecule has 0 atom stereocenters. The van der Waals surface area contributed by atoms with Crippen LogP contribution < -0.4 is 4.90 Å². The molecule has 9 aromatic carbocycles. The van der Waals surface area contributed by atoms with Gasteiger partial charge in [0.25, 0.3) is 0 Å². The van der Waals surface area contributed by atoms with Gasteiger partial charge in [0.2, 0.25) is 0 Å². The molecule has 0 aliphatic heterocycles. The van der Waals surface area contributed by atoms with Gasteiger partial charge in [-0.3, -0.25) is 0 Å². The van der Waals surface area contributed by atoms with Crippen LogP contribution in [0.5, 0.6) is 0 Å². The van der Waals surface area contributed by atoms with Crippen LogP contribution in [-0.2, 0) is 0 Å². The van der Waals surface area contributed by atoms with Gasteiger partial charge >= 0.3 is 0 Å². The summed E-state index contributed by atoms with van der Waals surface area (Å²) in [6.07, 6.45) is 0. The van der Waals surface area contributed by atoms with Crippen molar-refractivity contribution in [2.45, 2.75) is 6.92 Å². The van der Waals surface area contributed by atoms with Crippen LogP contribution in [0.2, 0.25) is 0 Å². The molecule has 10 aromatic rings. The van der Waals surface area contributed by atoms with E-state index in [0.717, 1.165) is 44.9 Å². The highest BCUT2D eigenvalue weighted by Gasteiger charge is 2.18. The molecule has 0 saturated heterocycles. The number of para-hydroxylation sites is 1. The molecule has 0 aliphatic carbocycles. The summed E-state index contributed by atoms with van der Waals surface area (Å²) in [5, 5.41) is 8.70. The fourth-order valence-electron chi connectivity index (χ4n) is 8.03. The fourth-order valence-corrected chi connectivity index (χ4v) is 8.03. The van der Waals surface area contributed by atoms with Crippen LogP contribution in [0.4, 0.5) is 17.1 Å². The van der Waals surface area contributed by atoms with E-state index in [-0.39, 0.29) is 0 Å². The summed E-state index contributed by atoms with van der Waals surface area (Å²) in [5.41, 5.74) is 11.2. The lowest BCUT2D eigenvalue weighted by Gasteiger charge is -2.26. The van der Waals surface area contributed by atoms with Gasteiger partial charge in [-0.2, -0.15) is 0 Å². The molecular weight excluding hydrogens is 643 g/mol. The van der Waals surface area contributed by atoms with Crippen molar-refractivity contribution >= 4 is 60.3 Å². The summed E-state index contributed by atoms with van der Waals surface area (Å²) >= 11 is 0. The van der Waals surface area contributed by atoms with Crippen LogP contribution in [0.1, 0.15) is 5.56 Å². The monoisotopic (exact) mass is 677 g/mol. The predicted molar refractivity (Wildman–Crippen MR) is 224 cm³/mol. The molecule has 0 N–H and O–H groups in total. The highest BCUT2D eigenvalue weighted by molar-refractivity contribution is 6.13. The van der Waals surface area contributed by atoms with Crippen molar-refractivity contribution in [3.8, 4) is 33.6 Å². The number of nitrogens with zero attached hydrogens (tertiary/aromatic N) is 1. The lowest BCUT2D eigenvalue weighted by atomic mass is 9.93. The molecule has 0 saturated carbocycles. The molecule has 53 heavy (non-hydrogen) atoms. The number of hydrogen-bond donors (Lipinski definition) is 0. The van der Waals surface area contributed by atoms with Crippen molar-refractivity contribution in [2.24, 2.45) is 0 Å². The Morgan fingerprint density at radius 3 is 1.66 bits per heavy atom. The van der Waals surface area contributed by atoms with Gasteiger partial charge in [0.05, 0.1) is 0 Å². The van der Waals surface area contributed by atoms with E-state index in [1.165, 1.54) is 54.6 Å². The lowest BCUT2D eigenvalue weighted by Crippen LogP contribution is -2.10. The van der Waals surface area contributed by atoms with E-state index in [0.29, 0.717) is 0 Å². The van der Waals surface area contributed by atoms with Crippen LogP contribution in [0.15, 0.2) is 199 Å². The minimum absolute atomic E-state index is 0.901. The van der Waals surface area contributed by atoms with Crippen molar-refractivity contribution < 1.29 is 4.42 Å². The molecule has 0 fully saturated rings. The van der Waals surface area contributed by atoms with Gasteiger partial charge in [-0.25, -0.2) is 0 Å². The van der Waals surface area contributed by atoms with Gasteiger partial charge in [-0.1, -0.05) is 146 Å². The van der Waals surface area contributed by atoms with E-state index in [4.69, 9.17) is 4.42 Å². The molecule has 0 spiro atoms. The Labute approximate surface area is 308 Å². The smallest absolute Gasteiger partial charge is 0.138 e. The molecule has 0 unspecified atom stereocenters. The molecule has 2 heteroatoms. The maximum atomic E-state index is 6.44. The highest BCUT2D eigenvalue weighted by atomic mass is 16.3. The first kappa shape index (κ1) is 30.9.